The average molecular weight is 500 g/mol. The smallest absolute Gasteiger partial charge is 0.339 e. The lowest BCUT2D eigenvalue weighted by molar-refractivity contribution is -0.121. The predicted molar refractivity (Wildman–Crippen MR) is 134 cm³/mol. The van der Waals surface area contributed by atoms with Crippen molar-refractivity contribution in [3.8, 4) is 10.6 Å². The molecule has 2 aromatic carbocycles. The van der Waals surface area contributed by atoms with E-state index in [-0.39, 0.29) is 17.2 Å². The second-order valence-corrected chi connectivity index (χ2v) is 9.85. The summed E-state index contributed by atoms with van der Waals surface area (Å²) in [5.74, 6) is -0.979. The molecule has 172 valence electrons. The molecule has 0 saturated heterocycles. The standard InChI is InChI=1S/C26H17N3O4S2/c1-15-24-16(13-17(20-11-6-12-34-20)27-25(24)33-28-15)26(31)32-14-23(30)29-18-7-2-4-9-21(18)35-22-10-5-3-8-19(22)29/h2-13H,14H2,1H3. The fourth-order valence-corrected chi connectivity index (χ4v) is 5.79. The number of benzene rings is 2. The van der Waals surface area contributed by atoms with E-state index in [1.54, 1.807) is 29.7 Å². The Labute approximate surface area is 208 Å². The van der Waals surface area contributed by atoms with Crippen LogP contribution in [0.15, 0.2) is 86.4 Å². The number of esters is 1. The van der Waals surface area contributed by atoms with Crippen LogP contribution in [0.25, 0.3) is 21.7 Å². The van der Waals surface area contributed by atoms with Crippen LogP contribution in [0.5, 0.6) is 0 Å². The van der Waals surface area contributed by atoms with Crippen molar-refractivity contribution in [1.82, 2.24) is 10.1 Å². The first kappa shape index (κ1) is 21.6. The van der Waals surface area contributed by atoms with Crippen molar-refractivity contribution >= 4 is 57.4 Å². The number of hydrogen-bond donors (Lipinski definition) is 0. The van der Waals surface area contributed by atoms with Crippen molar-refractivity contribution in [3.63, 3.8) is 0 Å². The summed E-state index contributed by atoms with van der Waals surface area (Å²) in [6.07, 6.45) is 0. The number of pyridine rings is 1. The Balaban J connectivity index is 1.31. The van der Waals surface area contributed by atoms with Crippen LogP contribution in [0.3, 0.4) is 0 Å². The molecule has 0 bridgehead atoms. The fraction of sp³-hybridized carbons (Fsp3) is 0.0769. The highest BCUT2D eigenvalue weighted by atomic mass is 32.2. The molecule has 9 heteroatoms. The minimum Gasteiger partial charge on any atom is -0.452 e. The van der Waals surface area contributed by atoms with E-state index >= 15 is 0 Å². The van der Waals surface area contributed by atoms with Gasteiger partial charge in [0.25, 0.3) is 11.6 Å². The van der Waals surface area contributed by atoms with Crippen LogP contribution in [0.2, 0.25) is 0 Å². The Bertz CT molecular complexity index is 1550. The molecular weight excluding hydrogens is 482 g/mol. The van der Waals surface area contributed by atoms with Gasteiger partial charge in [-0.1, -0.05) is 47.3 Å². The summed E-state index contributed by atoms with van der Waals surface area (Å²) >= 11 is 3.10. The molecule has 0 aliphatic carbocycles. The van der Waals surface area contributed by atoms with E-state index in [0.29, 0.717) is 16.8 Å². The normalized spacial score (nSPS) is 12.3. The van der Waals surface area contributed by atoms with Crippen molar-refractivity contribution in [3.05, 3.63) is 83.4 Å². The molecule has 35 heavy (non-hydrogen) atoms. The van der Waals surface area contributed by atoms with Gasteiger partial charge >= 0.3 is 5.97 Å². The number of anilines is 2. The summed E-state index contributed by atoms with van der Waals surface area (Å²) in [6.45, 7) is 1.31. The van der Waals surface area contributed by atoms with Gasteiger partial charge in [0.05, 0.1) is 38.6 Å². The van der Waals surface area contributed by atoms with E-state index in [0.717, 1.165) is 26.0 Å². The highest BCUT2D eigenvalue weighted by molar-refractivity contribution is 7.99. The van der Waals surface area contributed by atoms with Crippen LogP contribution < -0.4 is 4.90 Å². The highest BCUT2D eigenvalue weighted by Gasteiger charge is 2.29. The zero-order chi connectivity index (χ0) is 23.9. The SMILES string of the molecule is Cc1noc2nc(-c3cccs3)cc(C(=O)OCC(=O)N3c4ccccc4Sc4ccccc43)c12. The molecule has 1 aliphatic rings. The van der Waals surface area contributed by atoms with E-state index in [2.05, 4.69) is 10.1 Å². The number of carbonyl (C=O) groups excluding carboxylic acids is 2. The first-order chi connectivity index (χ1) is 17.1. The van der Waals surface area contributed by atoms with Crippen LogP contribution in [-0.2, 0) is 9.53 Å². The Morgan fingerprint density at radius 2 is 1.71 bits per heavy atom. The maximum Gasteiger partial charge on any atom is 0.339 e. The third-order valence-electron chi connectivity index (χ3n) is 5.62. The van der Waals surface area contributed by atoms with Gasteiger partial charge in [-0.05, 0) is 48.7 Å². The van der Waals surface area contributed by atoms with Crippen LogP contribution in [0.1, 0.15) is 16.1 Å². The number of rotatable bonds is 4. The topological polar surface area (TPSA) is 85.5 Å². The van der Waals surface area contributed by atoms with Gasteiger partial charge in [0, 0.05) is 9.79 Å². The highest BCUT2D eigenvalue weighted by Crippen LogP contribution is 2.47. The third-order valence-corrected chi connectivity index (χ3v) is 7.64. The first-order valence-corrected chi connectivity index (χ1v) is 12.5. The summed E-state index contributed by atoms with van der Waals surface area (Å²) in [5.41, 5.74) is 3.15. The number of hydrogen-bond acceptors (Lipinski definition) is 8. The van der Waals surface area contributed by atoms with Crippen LogP contribution >= 0.6 is 23.1 Å². The molecule has 0 fully saturated rings. The maximum atomic E-state index is 13.4. The van der Waals surface area contributed by atoms with Crippen molar-refractivity contribution < 1.29 is 18.8 Å². The molecule has 0 atom stereocenters. The molecule has 5 aromatic rings. The lowest BCUT2D eigenvalue weighted by Gasteiger charge is -2.30. The van der Waals surface area contributed by atoms with Crippen molar-refractivity contribution in [2.75, 3.05) is 11.5 Å². The van der Waals surface area contributed by atoms with Gasteiger partial charge < -0.3 is 9.26 Å². The molecule has 4 heterocycles. The number of amides is 1. The summed E-state index contributed by atoms with van der Waals surface area (Å²) in [6, 6.07) is 20.8. The average Bonchev–Trinajstić information content (AvgIpc) is 3.55. The minimum atomic E-state index is -0.636. The number of thiophene rings is 1. The monoisotopic (exact) mass is 499 g/mol. The van der Waals surface area contributed by atoms with Crippen LogP contribution in [0, 0.1) is 6.92 Å². The number of fused-ring (bicyclic) bond motifs is 3. The summed E-state index contributed by atoms with van der Waals surface area (Å²) in [7, 11) is 0. The van der Waals surface area contributed by atoms with E-state index in [1.165, 1.54) is 11.3 Å². The summed E-state index contributed by atoms with van der Waals surface area (Å²) in [4.78, 5) is 35.5. The van der Waals surface area contributed by atoms with Gasteiger partial charge in [-0.15, -0.1) is 11.3 Å². The number of nitrogens with zero attached hydrogens (tertiary/aromatic N) is 3. The summed E-state index contributed by atoms with van der Waals surface area (Å²) in [5, 5.41) is 6.37. The van der Waals surface area contributed by atoms with Gasteiger partial charge in [0.1, 0.15) is 0 Å². The second-order valence-electron chi connectivity index (χ2n) is 7.82. The number of aryl methyl sites for hydroxylation is 1. The van der Waals surface area contributed by atoms with Crippen LogP contribution in [-0.4, -0.2) is 28.6 Å². The number of carbonyl (C=O) groups is 2. The zero-order valence-electron chi connectivity index (χ0n) is 18.4. The lowest BCUT2D eigenvalue weighted by Crippen LogP contribution is -2.32. The van der Waals surface area contributed by atoms with E-state index in [4.69, 9.17) is 9.26 Å². The van der Waals surface area contributed by atoms with E-state index in [9.17, 15) is 9.59 Å². The lowest BCUT2D eigenvalue weighted by atomic mass is 10.1. The van der Waals surface area contributed by atoms with Gasteiger partial charge in [0.15, 0.2) is 6.61 Å². The van der Waals surface area contributed by atoms with Crippen molar-refractivity contribution in [1.29, 1.82) is 0 Å². The number of para-hydroxylation sites is 2. The van der Waals surface area contributed by atoms with Gasteiger partial charge in [-0.2, -0.15) is 0 Å². The Kier molecular flexibility index (Phi) is 5.35. The Hall–Kier alpha value is -3.95. The Morgan fingerprint density at radius 1 is 1.00 bits per heavy atom. The molecule has 3 aromatic heterocycles. The molecule has 1 amide bonds. The fourth-order valence-electron chi connectivity index (χ4n) is 4.05. The number of ether oxygens (including phenoxy) is 1. The molecule has 0 radical (unpaired) electrons. The summed E-state index contributed by atoms with van der Waals surface area (Å²) < 4.78 is 10.9. The quantitative estimate of drug-likeness (QED) is 0.270. The van der Waals surface area contributed by atoms with Gasteiger partial charge in [-0.25, -0.2) is 9.78 Å². The van der Waals surface area contributed by atoms with Crippen molar-refractivity contribution in [2.45, 2.75) is 16.7 Å². The van der Waals surface area contributed by atoms with Gasteiger partial charge in [0.2, 0.25) is 0 Å². The van der Waals surface area contributed by atoms with Gasteiger partial charge in [-0.3, -0.25) is 9.69 Å². The maximum absolute atomic E-state index is 13.4. The predicted octanol–water partition coefficient (Wildman–Crippen LogP) is 6.25. The molecule has 7 nitrogen and oxygen atoms in total. The molecule has 1 aliphatic heterocycles. The molecule has 0 spiro atoms. The molecular formula is C26H17N3O4S2. The molecule has 6 rings (SSSR count). The number of aromatic nitrogens is 2. The zero-order valence-corrected chi connectivity index (χ0v) is 20.1. The van der Waals surface area contributed by atoms with E-state index in [1.807, 2.05) is 66.0 Å². The van der Waals surface area contributed by atoms with E-state index < -0.39 is 12.6 Å². The molecule has 0 unspecified atom stereocenters. The second kappa shape index (κ2) is 8.68. The molecule has 0 N–H and O–H groups in total. The minimum absolute atomic E-state index is 0.252. The third kappa shape index (κ3) is 3.78. The van der Waals surface area contributed by atoms with Crippen LogP contribution in [0.4, 0.5) is 11.4 Å². The largest absolute Gasteiger partial charge is 0.452 e. The first-order valence-electron chi connectivity index (χ1n) is 10.8. The Morgan fingerprint density at radius 3 is 2.40 bits per heavy atom. The van der Waals surface area contributed by atoms with Crippen molar-refractivity contribution in [2.24, 2.45) is 0 Å². The molecule has 0 saturated carbocycles.